The van der Waals surface area contributed by atoms with E-state index in [1.54, 1.807) is 11.3 Å². The summed E-state index contributed by atoms with van der Waals surface area (Å²) in [6.45, 7) is 2.07. The van der Waals surface area contributed by atoms with Crippen LogP contribution >= 0.6 is 22.9 Å². The van der Waals surface area contributed by atoms with Crippen molar-refractivity contribution in [2.45, 2.75) is 6.92 Å². The molecule has 0 aliphatic carbocycles. The molecular formula is C10H8ClNS. The average molecular weight is 210 g/mol. The van der Waals surface area contributed by atoms with Crippen molar-refractivity contribution in [2.75, 3.05) is 0 Å². The van der Waals surface area contributed by atoms with E-state index in [1.165, 1.54) is 11.1 Å². The van der Waals surface area contributed by atoms with Crippen molar-refractivity contribution < 1.29 is 0 Å². The molecule has 2 aromatic rings. The van der Waals surface area contributed by atoms with Gasteiger partial charge in [-0.25, -0.2) is 4.98 Å². The average Bonchev–Trinajstić information content (AvgIpc) is 2.53. The highest BCUT2D eigenvalue weighted by molar-refractivity contribution is 7.13. The lowest BCUT2D eigenvalue weighted by Crippen LogP contribution is -1.80. The molecule has 3 heteroatoms. The maximum Gasteiger partial charge on any atom is 0.140 e. The first-order valence-electron chi connectivity index (χ1n) is 3.94. The van der Waals surface area contributed by atoms with Crippen LogP contribution in [-0.4, -0.2) is 4.98 Å². The molecule has 1 heterocycles. The van der Waals surface area contributed by atoms with Gasteiger partial charge in [0.15, 0.2) is 0 Å². The molecule has 0 saturated heterocycles. The number of nitrogens with zero attached hydrogens (tertiary/aromatic N) is 1. The van der Waals surface area contributed by atoms with Gasteiger partial charge in [-0.15, -0.1) is 11.3 Å². The molecule has 0 radical (unpaired) electrons. The molecule has 1 nitrogen and oxygen atoms in total. The summed E-state index contributed by atoms with van der Waals surface area (Å²) < 4.78 is 0. The van der Waals surface area contributed by atoms with Gasteiger partial charge in [-0.2, -0.15) is 0 Å². The zero-order chi connectivity index (χ0) is 9.26. The Balaban J connectivity index is 2.52. The van der Waals surface area contributed by atoms with Gasteiger partial charge < -0.3 is 0 Å². The molecule has 1 aromatic heterocycles. The van der Waals surface area contributed by atoms with Gasteiger partial charge >= 0.3 is 0 Å². The van der Waals surface area contributed by atoms with E-state index in [4.69, 9.17) is 11.6 Å². The van der Waals surface area contributed by atoms with Crippen LogP contribution in [-0.2, 0) is 0 Å². The third-order valence-corrected chi connectivity index (χ3v) is 3.05. The van der Waals surface area contributed by atoms with Crippen LogP contribution in [0.3, 0.4) is 0 Å². The molecule has 2 rings (SSSR count). The topological polar surface area (TPSA) is 12.9 Å². The Hall–Kier alpha value is -0.860. The molecule has 0 saturated carbocycles. The highest BCUT2D eigenvalue weighted by Crippen LogP contribution is 2.27. The number of benzene rings is 1. The number of aromatic nitrogens is 1. The van der Waals surface area contributed by atoms with Crippen LogP contribution < -0.4 is 0 Å². The summed E-state index contributed by atoms with van der Waals surface area (Å²) >= 11 is 7.34. The lowest BCUT2D eigenvalue weighted by Gasteiger charge is -1.99. The minimum atomic E-state index is 0.572. The van der Waals surface area contributed by atoms with E-state index in [2.05, 4.69) is 24.0 Å². The molecule has 13 heavy (non-hydrogen) atoms. The van der Waals surface area contributed by atoms with Crippen molar-refractivity contribution in [1.29, 1.82) is 0 Å². The fraction of sp³-hybridized carbons (Fsp3) is 0.100. The Labute approximate surface area is 86.0 Å². The van der Waals surface area contributed by atoms with E-state index in [1.807, 2.05) is 17.5 Å². The minimum Gasteiger partial charge on any atom is -0.224 e. The van der Waals surface area contributed by atoms with Crippen LogP contribution in [0.2, 0.25) is 5.15 Å². The van der Waals surface area contributed by atoms with Crippen molar-refractivity contribution in [1.82, 2.24) is 4.98 Å². The van der Waals surface area contributed by atoms with E-state index in [-0.39, 0.29) is 0 Å². The smallest absolute Gasteiger partial charge is 0.140 e. The number of hydrogen-bond acceptors (Lipinski definition) is 2. The van der Waals surface area contributed by atoms with Gasteiger partial charge in [-0.05, 0) is 12.5 Å². The third-order valence-electron chi connectivity index (χ3n) is 1.85. The van der Waals surface area contributed by atoms with Crippen molar-refractivity contribution in [2.24, 2.45) is 0 Å². The van der Waals surface area contributed by atoms with Crippen LogP contribution in [0.25, 0.3) is 10.6 Å². The predicted octanol–water partition coefficient (Wildman–Crippen LogP) is 3.77. The van der Waals surface area contributed by atoms with Gasteiger partial charge in [0, 0.05) is 10.9 Å². The summed E-state index contributed by atoms with van der Waals surface area (Å²) in [6, 6.07) is 8.17. The van der Waals surface area contributed by atoms with Gasteiger partial charge in [0.1, 0.15) is 10.2 Å². The quantitative estimate of drug-likeness (QED) is 0.697. The molecule has 0 N–H and O–H groups in total. The van der Waals surface area contributed by atoms with Crippen molar-refractivity contribution in [3.05, 3.63) is 40.4 Å². The SMILES string of the molecule is Cc1ccccc1-c1nc(Cl)cs1. The first-order valence-corrected chi connectivity index (χ1v) is 5.20. The molecule has 0 aliphatic heterocycles. The first-order chi connectivity index (χ1) is 6.27. The summed E-state index contributed by atoms with van der Waals surface area (Å²) in [5, 5.41) is 3.41. The maximum absolute atomic E-state index is 5.76. The van der Waals surface area contributed by atoms with Gasteiger partial charge in [0.05, 0.1) is 0 Å². The summed E-state index contributed by atoms with van der Waals surface area (Å²) in [4.78, 5) is 4.23. The largest absolute Gasteiger partial charge is 0.224 e. The van der Waals surface area contributed by atoms with Crippen LogP contribution in [0.4, 0.5) is 0 Å². The second-order valence-corrected chi connectivity index (χ2v) is 4.04. The molecule has 66 valence electrons. The lowest BCUT2D eigenvalue weighted by atomic mass is 10.1. The number of thiazole rings is 1. The Kier molecular flexibility index (Phi) is 2.34. The van der Waals surface area contributed by atoms with Crippen molar-refractivity contribution >= 4 is 22.9 Å². The van der Waals surface area contributed by atoms with Crippen LogP contribution in [0, 0.1) is 6.92 Å². The maximum atomic E-state index is 5.76. The Morgan fingerprint density at radius 3 is 2.69 bits per heavy atom. The van der Waals surface area contributed by atoms with Gasteiger partial charge in [0.2, 0.25) is 0 Å². The first kappa shape index (κ1) is 8.73. The van der Waals surface area contributed by atoms with Crippen molar-refractivity contribution in [3.8, 4) is 10.6 Å². The summed E-state index contributed by atoms with van der Waals surface area (Å²) in [6.07, 6.45) is 0. The Morgan fingerprint density at radius 1 is 1.31 bits per heavy atom. The number of hydrogen-bond donors (Lipinski definition) is 0. The van der Waals surface area contributed by atoms with E-state index in [9.17, 15) is 0 Å². The van der Waals surface area contributed by atoms with E-state index < -0.39 is 0 Å². The van der Waals surface area contributed by atoms with Crippen LogP contribution in [0.5, 0.6) is 0 Å². The number of halogens is 1. The van der Waals surface area contributed by atoms with Gasteiger partial charge in [-0.1, -0.05) is 35.9 Å². The zero-order valence-corrected chi connectivity index (χ0v) is 8.69. The van der Waals surface area contributed by atoms with Gasteiger partial charge in [-0.3, -0.25) is 0 Å². The molecule has 0 spiro atoms. The normalized spacial score (nSPS) is 10.3. The number of rotatable bonds is 1. The molecule has 0 unspecified atom stereocenters. The molecule has 1 aromatic carbocycles. The summed E-state index contributed by atoms with van der Waals surface area (Å²) in [5.41, 5.74) is 2.40. The third kappa shape index (κ3) is 1.74. The molecular weight excluding hydrogens is 202 g/mol. The summed E-state index contributed by atoms with van der Waals surface area (Å²) in [7, 11) is 0. The molecule has 0 amide bonds. The fourth-order valence-corrected chi connectivity index (χ4v) is 2.23. The highest BCUT2D eigenvalue weighted by Gasteiger charge is 2.04. The number of aryl methyl sites for hydroxylation is 1. The lowest BCUT2D eigenvalue weighted by molar-refractivity contribution is 1.38. The molecule has 0 bridgehead atoms. The molecule has 0 atom stereocenters. The van der Waals surface area contributed by atoms with E-state index in [0.717, 1.165) is 5.01 Å². The Bertz CT molecular complexity index is 422. The molecule has 0 aliphatic rings. The van der Waals surface area contributed by atoms with E-state index >= 15 is 0 Å². The second kappa shape index (κ2) is 3.48. The van der Waals surface area contributed by atoms with Gasteiger partial charge in [0.25, 0.3) is 0 Å². The van der Waals surface area contributed by atoms with Crippen molar-refractivity contribution in [3.63, 3.8) is 0 Å². The minimum absolute atomic E-state index is 0.572. The standard InChI is InChI=1S/C10H8ClNS/c1-7-4-2-3-5-8(7)10-12-9(11)6-13-10/h2-6H,1H3. The van der Waals surface area contributed by atoms with E-state index in [0.29, 0.717) is 5.15 Å². The summed E-state index contributed by atoms with van der Waals surface area (Å²) in [5.74, 6) is 0. The Morgan fingerprint density at radius 2 is 2.08 bits per heavy atom. The highest BCUT2D eigenvalue weighted by atomic mass is 35.5. The predicted molar refractivity (Wildman–Crippen MR) is 57.3 cm³/mol. The molecule has 0 fully saturated rings. The monoisotopic (exact) mass is 209 g/mol. The van der Waals surface area contributed by atoms with Crippen LogP contribution in [0.1, 0.15) is 5.56 Å². The van der Waals surface area contributed by atoms with Crippen LogP contribution in [0.15, 0.2) is 29.6 Å². The zero-order valence-electron chi connectivity index (χ0n) is 7.12. The fourth-order valence-electron chi connectivity index (χ4n) is 1.19. The second-order valence-electron chi connectivity index (χ2n) is 2.79.